The second-order valence-electron chi connectivity index (χ2n) is 4.80. The van der Waals surface area contributed by atoms with Crippen LogP contribution in [0.15, 0.2) is 12.1 Å². The first kappa shape index (κ1) is 14.8. The summed E-state index contributed by atoms with van der Waals surface area (Å²) in [7, 11) is 4.88. The van der Waals surface area contributed by atoms with Crippen molar-refractivity contribution in [3.8, 4) is 11.5 Å². The number of rotatable bonds is 6. The largest absolute Gasteiger partial charge is 0.496 e. The summed E-state index contributed by atoms with van der Waals surface area (Å²) in [5.41, 5.74) is 1.42. The van der Waals surface area contributed by atoms with Crippen LogP contribution in [0.1, 0.15) is 25.0 Å². The van der Waals surface area contributed by atoms with E-state index in [0.29, 0.717) is 6.61 Å². The predicted molar refractivity (Wildman–Crippen MR) is 70.4 cm³/mol. The van der Waals surface area contributed by atoms with Crippen LogP contribution in [-0.4, -0.2) is 33.0 Å². The standard InChI is InChI=1S/C14H22O4/c1-14(2,9-15)13-10(8-16-3)11(17-4)6-7-12(13)18-5/h6-7,15H,8-9H2,1-5H3. The third kappa shape index (κ3) is 2.76. The van der Waals surface area contributed by atoms with Crippen molar-refractivity contribution < 1.29 is 19.3 Å². The highest BCUT2D eigenvalue weighted by Gasteiger charge is 2.28. The first-order chi connectivity index (χ1) is 8.51. The third-order valence-electron chi connectivity index (χ3n) is 3.03. The summed E-state index contributed by atoms with van der Waals surface area (Å²) in [5, 5.41) is 9.59. The van der Waals surface area contributed by atoms with Crippen LogP contribution in [0.5, 0.6) is 11.5 Å². The van der Waals surface area contributed by atoms with Crippen molar-refractivity contribution in [3.05, 3.63) is 23.3 Å². The minimum Gasteiger partial charge on any atom is -0.496 e. The molecule has 0 saturated carbocycles. The van der Waals surface area contributed by atoms with Gasteiger partial charge in [-0.05, 0) is 12.1 Å². The van der Waals surface area contributed by atoms with Gasteiger partial charge < -0.3 is 19.3 Å². The maximum atomic E-state index is 9.59. The number of hydrogen-bond donors (Lipinski definition) is 1. The van der Waals surface area contributed by atoms with E-state index in [0.717, 1.165) is 22.6 Å². The Kier molecular flexibility index (Phi) is 4.99. The Labute approximate surface area is 108 Å². The highest BCUT2D eigenvalue weighted by atomic mass is 16.5. The van der Waals surface area contributed by atoms with Crippen LogP contribution in [0.3, 0.4) is 0 Å². The molecule has 0 aliphatic rings. The van der Waals surface area contributed by atoms with Gasteiger partial charge in [-0.25, -0.2) is 0 Å². The zero-order valence-corrected chi connectivity index (χ0v) is 11.7. The zero-order valence-electron chi connectivity index (χ0n) is 11.7. The quantitative estimate of drug-likeness (QED) is 0.844. The predicted octanol–water partition coefficient (Wildman–Crippen LogP) is 2.12. The van der Waals surface area contributed by atoms with E-state index in [1.54, 1.807) is 21.3 Å². The van der Waals surface area contributed by atoms with Gasteiger partial charge in [-0.15, -0.1) is 0 Å². The Bertz CT molecular complexity index is 399. The van der Waals surface area contributed by atoms with Crippen LogP contribution in [0, 0.1) is 0 Å². The maximum absolute atomic E-state index is 9.59. The summed E-state index contributed by atoms with van der Waals surface area (Å²) in [6.45, 7) is 4.36. The molecule has 0 bridgehead atoms. The summed E-state index contributed by atoms with van der Waals surface area (Å²) >= 11 is 0. The molecule has 0 aromatic heterocycles. The van der Waals surface area contributed by atoms with Gasteiger partial charge in [0.15, 0.2) is 0 Å². The molecule has 0 heterocycles. The molecular weight excluding hydrogens is 232 g/mol. The minimum absolute atomic E-state index is 0.0211. The van der Waals surface area contributed by atoms with Crippen molar-refractivity contribution in [2.45, 2.75) is 25.9 Å². The number of benzene rings is 1. The van der Waals surface area contributed by atoms with Gasteiger partial charge in [0, 0.05) is 23.7 Å². The smallest absolute Gasteiger partial charge is 0.124 e. The van der Waals surface area contributed by atoms with Crippen LogP contribution in [-0.2, 0) is 16.8 Å². The van der Waals surface area contributed by atoms with E-state index in [9.17, 15) is 5.11 Å². The maximum Gasteiger partial charge on any atom is 0.124 e. The van der Waals surface area contributed by atoms with Gasteiger partial charge >= 0.3 is 0 Å². The van der Waals surface area contributed by atoms with Gasteiger partial charge in [0.1, 0.15) is 11.5 Å². The van der Waals surface area contributed by atoms with Crippen LogP contribution >= 0.6 is 0 Å². The molecule has 102 valence electrons. The fourth-order valence-corrected chi connectivity index (χ4v) is 2.08. The van der Waals surface area contributed by atoms with Gasteiger partial charge in [0.25, 0.3) is 0 Å². The summed E-state index contributed by atoms with van der Waals surface area (Å²) in [4.78, 5) is 0. The molecule has 0 saturated heterocycles. The Morgan fingerprint density at radius 1 is 1.06 bits per heavy atom. The Hall–Kier alpha value is -1.26. The van der Waals surface area contributed by atoms with Crippen LogP contribution in [0.2, 0.25) is 0 Å². The lowest BCUT2D eigenvalue weighted by molar-refractivity contribution is 0.173. The molecule has 1 rings (SSSR count). The number of ether oxygens (including phenoxy) is 3. The van der Waals surface area contributed by atoms with Crippen molar-refractivity contribution in [2.75, 3.05) is 27.9 Å². The van der Waals surface area contributed by atoms with Crippen molar-refractivity contribution in [1.82, 2.24) is 0 Å². The molecule has 0 fully saturated rings. The van der Waals surface area contributed by atoms with E-state index >= 15 is 0 Å². The minimum atomic E-state index is -0.423. The third-order valence-corrected chi connectivity index (χ3v) is 3.03. The van der Waals surface area contributed by atoms with Gasteiger partial charge in [-0.1, -0.05) is 13.8 Å². The summed E-state index contributed by atoms with van der Waals surface area (Å²) < 4.78 is 16.0. The summed E-state index contributed by atoms with van der Waals surface area (Å²) in [6, 6.07) is 3.70. The normalized spacial score (nSPS) is 11.4. The average Bonchev–Trinajstić information content (AvgIpc) is 2.38. The fourth-order valence-electron chi connectivity index (χ4n) is 2.08. The van der Waals surface area contributed by atoms with Crippen molar-refractivity contribution >= 4 is 0 Å². The number of hydrogen-bond acceptors (Lipinski definition) is 4. The zero-order chi connectivity index (χ0) is 13.8. The lowest BCUT2D eigenvalue weighted by Gasteiger charge is -2.28. The first-order valence-corrected chi connectivity index (χ1v) is 5.86. The molecule has 0 aliphatic heterocycles. The molecule has 0 unspecified atom stereocenters. The molecular formula is C14H22O4. The van der Waals surface area contributed by atoms with Crippen LogP contribution in [0.25, 0.3) is 0 Å². The molecule has 18 heavy (non-hydrogen) atoms. The van der Waals surface area contributed by atoms with Gasteiger partial charge in [-0.3, -0.25) is 0 Å². The van der Waals surface area contributed by atoms with Gasteiger partial charge in [-0.2, -0.15) is 0 Å². The molecule has 0 spiro atoms. The SMILES string of the molecule is COCc1c(OC)ccc(OC)c1C(C)(C)CO. The van der Waals surface area contributed by atoms with E-state index < -0.39 is 5.41 Å². The monoisotopic (exact) mass is 254 g/mol. The molecule has 4 heteroatoms. The molecule has 0 radical (unpaired) electrons. The summed E-state index contributed by atoms with van der Waals surface area (Å²) in [6.07, 6.45) is 0. The summed E-state index contributed by atoms with van der Waals surface area (Å²) in [5.74, 6) is 1.48. The average molecular weight is 254 g/mol. The van der Waals surface area contributed by atoms with E-state index in [4.69, 9.17) is 14.2 Å². The van der Waals surface area contributed by atoms with Crippen LogP contribution in [0.4, 0.5) is 0 Å². The van der Waals surface area contributed by atoms with Gasteiger partial charge in [0.05, 0.1) is 27.4 Å². The van der Waals surface area contributed by atoms with Crippen molar-refractivity contribution in [3.63, 3.8) is 0 Å². The second kappa shape index (κ2) is 6.07. The molecule has 1 N–H and O–H groups in total. The lowest BCUT2D eigenvalue weighted by Crippen LogP contribution is -2.25. The molecule has 0 atom stereocenters. The van der Waals surface area contributed by atoms with E-state index in [1.807, 2.05) is 26.0 Å². The highest BCUT2D eigenvalue weighted by Crippen LogP contribution is 2.39. The topological polar surface area (TPSA) is 47.9 Å². The number of aliphatic hydroxyl groups excluding tert-OH is 1. The van der Waals surface area contributed by atoms with E-state index in [2.05, 4.69) is 0 Å². The van der Waals surface area contributed by atoms with Gasteiger partial charge in [0.2, 0.25) is 0 Å². The van der Waals surface area contributed by atoms with E-state index in [1.165, 1.54) is 0 Å². The Morgan fingerprint density at radius 2 is 1.61 bits per heavy atom. The van der Waals surface area contributed by atoms with Crippen LogP contribution < -0.4 is 9.47 Å². The molecule has 1 aromatic rings. The van der Waals surface area contributed by atoms with Crippen molar-refractivity contribution in [1.29, 1.82) is 0 Å². The molecule has 0 amide bonds. The second-order valence-corrected chi connectivity index (χ2v) is 4.80. The lowest BCUT2D eigenvalue weighted by atomic mass is 9.81. The van der Waals surface area contributed by atoms with Crippen molar-refractivity contribution in [2.24, 2.45) is 0 Å². The Morgan fingerprint density at radius 3 is 2.06 bits per heavy atom. The molecule has 4 nitrogen and oxygen atoms in total. The van der Waals surface area contributed by atoms with E-state index in [-0.39, 0.29) is 6.61 Å². The Balaban J connectivity index is 3.49. The fraction of sp³-hybridized carbons (Fsp3) is 0.571. The highest BCUT2D eigenvalue weighted by molar-refractivity contribution is 5.52. The first-order valence-electron chi connectivity index (χ1n) is 5.86. The molecule has 0 aliphatic carbocycles. The number of aliphatic hydroxyl groups is 1. The molecule has 1 aromatic carbocycles. The number of methoxy groups -OCH3 is 3.